The number of esters is 2. The average Bonchev–Trinajstić information content (AvgIpc) is 3.23. The van der Waals surface area contributed by atoms with Gasteiger partial charge >= 0.3 is 11.9 Å². The Hall–Kier alpha value is -3.34. The number of aryl methyl sites for hydroxylation is 1. The van der Waals surface area contributed by atoms with Gasteiger partial charge < -0.3 is 14.2 Å². The minimum atomic E-state index is -0.400. The van der Waals surface area contributed by atoms with E-state index in [2.05, 4.69) is 71.2 Å². The molecule has 1 unspecified atom stereocenters. The molecule has 0 saturated carbocycles. The van der Waals surface area contributed by atoms with Gasteiger partial charge in [0.15, 0.2) is 0 Å². The number of carbonyl (C=O) groups is 2. The van der Waals surface area contributed by atoms with Crippen LogP contribution in [-0.4, -0.2) is 31.8 Å². The number of fused-ring (bicyclic) bond motifs is 4. The lowest BCUT2D eigenvalue weighted by atomic mass is 9.72. The smallest absolute Gasteiger partial charge is 0.333 e. The zero-order chi connectivity index (χ0) is 28.6. The molecule has 2 aliphatic rings. The number of carbonyl (C=O) groups excluding carboxylic acids is 2. The van der Waals surface area contributed by atoms with Crippen molar-refractivity contribution in [3.8, 4) is 5.75 Å². The number of hydrogen-bond donors (Lipinski definition) is 0. The molecular weight excluding hydrogens is 488 g/mol. The summed E-state index contributed by atoms with van der Waals surface area (Å²) < 4.78 is 16.6. The minimum absolute atomic E-state index is 0.0231. The normalized spacial score (nSPS) is 19.7. The third-order valence-electron chi connectivity index (χ3n) is 8.18. The largest absolute Gasteiger partial charge is 0.490 e. The molecular formula is C34H42O5. The highest BCUT2D eigenvalue weighted by molar-refractivity contribution is 5.87. The minimum Gasteiger partial charge on any atom is -0.490 e. The molecule has 0 N–H and O–H groups in total. The van der Waals surface area contributed by atoms with Crippen molar-refractivity contribution in [1.29, 1.82) is 0 Å². The van der Waals surface area contributed by atoms with Crippen molar-refractivity contribution in [3.05, 3.63) is 88.5 Å². The lowest BCUT2D eigenvalue weighted by Crippen LogP contribution is -2.27. The van der Waals surface area contributed by atoms with E-state index < -0.39 is 5.97 Å². The Morgan fingerprint density at radius 2 is 1.28 bits per heavy atom. The van der Waals surface area contributed by atoms with Gasteiger partial charge in [-0.2, -0.15) is 0 Å². The predicted octanol–water partition coefficient (Wildman–Crippen LogP) is 6.89. The topological polar surface area (TPSA) is 61.8 Å². The molecule has 2 aromatic rings. The van der Waals surface area contributed by atoms with E-state index in [0.717, 1.165) is 31.4 Å². The Balaban J connectivity index is 1.60. The average molecular weight is 531 g/mol. The lowest BCUT2D eigenvalue weighted by molar-refractivity contribution is -0.140. The van der Waals surface area contributed by atoms with Gasteiger partial charge in [-0.1, -0.05) is 65.1 Å². The molecule has 0 heterocycles. The fourth-order valence-electron chi connectivity index (χ4n) is 6.60. The monoisotopic (exact) mass is 530 g/mol. The molecule has 0 aliphatic heterocycles. The highest BCUT2D eigenvalue weighted by Gasteiger charge is 2.56. The van der Waals surface area contributed by atoms with Crippen LogP contribution in [0.2, 0.25) is 0 Å². The summed E-state index contributed by atoms with van der Waals surface area (Å²) in [4.78, 5) is 23.4. The Morgan fingerprint density at radius 1 is 0.744 bits per heavy atom. The van der Waals surface area contributed by atoms with Gasteiger partial charge in [0.1, 0.15) is 19.0 Å². The van der Waals surface area contributed by atoms with Crippen LogP contribution < -0.4 is 4.74 Å². The number of ether oxygens (including phenoxy) is 3. The van der Waals surface area contributed by atoms with E-state index in [9.17, 15) is 9.59 Å². The van der Waals surface area contributed by atoms with Gasteiger partial charge in [-0.3, -0.25) is 0 Å². The molecule has 1 spiro atoms. The van der Waals surface area contributed by atoms with Crippen LogP contribution >= 0.6 is 0 Å². The second-order valence-corrected chi connectivity index (χ2v) is 12.6. The summed E-state index contributed by atoms with van der Waals surface area (Å²) in [6.07, 6.45) is 3.68. The van der Waals surface area contributed by atoms with Gasteiger partial charge in [-0.15, -0.1) is 0 Å². The van der Waals surface area contributed by atoms with Gasteiger partial charge in [0.25, 0.3) is 0 Å². The first-order chi connectivity index (χ1) is 18.3. The molecule has 208 valence electrons. The molecule has 39 heavy (non-hydrogen) atoms. The maximum absolute atomic E-state index is 11.7. The van der Waals surface area contributed by atoms with Gasteiger partial charge in [-0.25, -0.2) is 9.59 Å². The zero-order valence-electron chi connectivity index (χ0n) is 24.4. The van der Waals surface area contributed by atoms with Crippen LogP contribution in [0.1, 0.15) is 88.6 Å². The molecule has 0 radical (unpaired) electrons. The van der Waals surface area contributed by atoms with Crippen molar-refractivity contribution >= 4 is 11.9 Å². The van der Waals surface area contributed by atoms with Crippen LogP contribution in [0.3, 0.4) is 0 Å². The van der Waals surface area contributed by atoms with Crippen molar-refractivity contribution in [3.63, 3.8) is 0 Å². The molecule has 0 bridgehead atoms. The van der Waals surface area contributed by atoms with Crippen LogP contribution in [0.5, 0.6) is 5.75 Å². The van der Waals surface area contributed by atoms with E-state index in [1.807, 2.05) is 6.07 Å². The summed E-state index contributed by atoms with van der Waals surface area (Å²) in [5.41, 5.74) is 7.53. The summed E-state index contributed by atoms with van der Waals surface area (Å²) in [5.74, 6) is 0.0585. The Kier molecular flexibility index (Phi) is 7.84. The third-order valence-corrected chi connectivity index (χ3v) is 8.18. The number of rotatable bonds is 10. The Morgan fingerprint density at radius 3 is 1.87 bits per heavy atom. The molecule has 4 rings (SSSR count). The first-order valence-corrected chi connectivity index (χ1v) is 13.8. The van der Waals surface area contributed by atoms with Gasteiger partial charge in [0, 0.05) is 16.6 Å². The van der Waals surface area contributed by atoms with E-state index >= 15 is 0 Å². The van der Waals surface area contributed by atoms with Gasteiger partial charge in [-0.05, 0) is 90.3 Å². The fourth-order valence-corrected chi connectivity index (χ4v) is 6.60. The van der Waals surface area contributed by atoms with Crippen molar-refractivity contribution in [1.82, 2.24) is 0 Å². The third kappa shape index (κ3) is 5.68. The van der Waals surface area contributed by atoms with Crippen LogP contribution in [0, 0.1) is 0 Å². The van der Waals surface area contributed by atoms with E-state index in [4.69, 9.17) is 14.2 Å². The quantitative estimate of drug-likeness (QED) is 0.190. The molecule has 2 aliphatic carbocycles. The van der Waals surface area contributed by atoms with Gasteiger partial charge in [0.2, 0.25) is 0 Å². The van der Waals surface area contributed by atoms with Crippen LogP contribution in [0.15, 0.2) is 60.7 Å². The molecule has 2 aromatic carbocycles. The van der Waals surface area contributed by atoms with Crippen molar-refractivity contribution in [2.24, 2.45) is 0 Å². The van der Waals surface area contributed by atoms with Crippen molar-refractivity contribution < 1.29 is 23.8 Å². The molecule has 0 saturated heterocycles. The maximum Gasteiger partial charge on any atom is 0.333 e. The molecule has 0 fully saturated rings. The summed E-state index contributed by atoms with van der Waals surface area (Å²) in [6.45, 7) is 20.8. The van der Waals surface area contributed by atoms with E-state index in [1.165, 1.54) is 27.8 Å². The van der Waals surface area contributed by atoms with Crippen LogP contribution in [-0.2, 0) is 41.7 Å². The number of hydrogen-bond acceptors (Lipinski definition) is 5. The van der Waals surface area contributed by atoms with Crippen molar-refractivity contribution in [2.75, 3.05) is 19.8 Å². The molecule has 0 aromatic heterocycles. The van der Waals surface area contributed by atoms with Crippen LogP contribution in [0.4, 0.5) is 0 Å². The van der Waals surface area contributed by atoms with Crippen LogP contribution in [0.25, 0.3) is 0 Å². The first kappa shape index (κ1) is 28.7. The SMILES string of the molecule is C=C(C)C(=O)OCCCc1ccc2c(c1)C1(CC2(C)C)CC(C)(C)c2ccc(OCCOC(=O)C(=C)C)cc21. The Bertz CT molecular complexity index is 1210. The van der Waals surface area contributed by atoms with E-state index in [-0.39, 0.29) is 35.4 Å². The van der Waals surface area contributed by atoms with E-state index in [1.54, 1.807) is 13.8 Å². The van der Waals surface area contributed by atoms with Crippen molar-refractivity contribution in [2.45, 2.75) is 83.5 Å². The molecule has 0 amide bonds. The lowest BCUT2D eigenvalue weighted by Gasteiger charge is -2.31. The summed E-state index contributed by atoms with van der Waals surface area (Å²) in [7, 11) is 0. The van der Waals surface area contributed by atoms with Gasteiger partial charge in [0.05, 0.1) is 6.61 Å². The Labute approximate surface area is 233 Å². The zero-order valence-corrected chi connectivity index (χ0v) is 24.4. The maximum atomic E-state index is 11.7. The second-order valence-electron chi connectivity index (χ2n) is 12.6. The molecule has 5 nitrogen and oxygen atoms in total. The summed E-state index contributed by atoms with van der Waals surface area (Å²) >= 11 is 0. The standard InChI is InChI=1S/C34H42O5/c1-22(2)30(35)38-15-9-10-24-11-13-26-28(18-24)34(20-32(26,5)6)21-33(7,8)27-14-12-25(19-29(27)34)37-16-17-39-31(36)23(3)4/h11-14,18-19H,1,3,9-10,15-17,20-21H2,2,4-8H3. The highest BCUT2D eigenvalue weighted by atomic mass is 16.6. The molecule has 1 atom stereocenters. The first-order valence-electron chi connectivity index (χ1n) is 13.8. The molecule has 5 heteroatoms. The predicted molar refractivity (Wildman–Crippen MR) is 154 cm³/mol. The number of benzene rings is 2. The summed E-state index contributed by atoms with van der Waals surface area (Å²) in [5, 5.41) is 0. The summed E-state index contributed by atoms with van der Waals surface area (Å²) in [6, 6.07) is 13.4. The highest BCUT2D eigenvalue weighted by Crippen LogP contribution is 2.63. The second kappa shape index (κ2) is 10.7. The van der Waals surface area contributed by atoms with E-state index in [0.29, 0.717) is 17.8 Å². The fraction of sp³-hybridized carbons (Fsp3) is 0.471.